The molecule has 1 saturated heterocycles. The number of hydrogen-bond donors (Lipinski definition) is 4. The van der Waals surface area contributed by atoms with Gasteiger partial charge in [-0.05, 0) is 43.7 Å². The second-order valence-electron chi connectivity index (χ2n) is 8.60. The first-order valence-electron chi connectivity index (χ1n) is 12.1. The van der Waals surface area contributed by atoms with Crippen molar-refractivity contribution in [3.05, 3.63) is 72.5 Å². The zero-order chi connectivity index (χ0) is 26.4. The van der Waals surface area contributed by atoms with Crippen molar-refractivity contribution in [2.24, 2.45) is 15.7 Å². The van der Waals surface area contributed by atoms with Crippen LogP contribution in [0.25, 0.3) is 5.70 Å². The molecule has 0 saturated carbocycles. The number of phenols is 1. The van der Waals surface area contributed by atoms with Crippen molar-refractivity contribution < 1.29 is 9.52 Å². The fourth-order valence-electron chi connectivity index (χ4n) is 4.14. The normalized spacial score (nSPS) is 15.5. The summed E-state index contributed by atoms with van der Waals surface area (Å²) < 4.78 is 8.44. The third-order valence-corrected chi connectivity index (χ3v) is 6.38. The van der Waals surface area contributed by atoms with Gasteiger partial charge in [0, 0.05) is 49.8 Å². The molecule has 4 N–H and O–H groups in total. The van der Waals surface area contributed by atoms with Crippen molar-refractivity contribution in [3.8, 4) is 5.75 Å². The lowest BCUT2D eigenvalue weighted by Crippen LogP contribution is -2.46. The van der Waals surface area contributed by atoms with E-state index in [4.69, 9.17) is 10.2 Å². The molecule has 11 heteroatoms. The van der Waals surface area contributed by atoms with Crippen molar-refractivity contribution >= 4 is 41.8 Å². The lowest BCUT2D eigenvalue weighted by atomic mass is 10.1. The van der Waals surface area contributed by atoms with E-state index in [9.17, 15) is 5.11 Å². The molecule has 4 rings (SSSR count). The highest BCUT2D eigenvalue weighted by molar-refractivity contribution is 7.78. The molecule has 194 valence electrons. The van der Waals surface area contributed by atoms with Crippen LogP contribution in [-0.4, -0.2) is 57.8 Å². The number of aromatic nitrogens is 2. The van der Waals surface area contributed by atoms with Gasteiger partial charge in [-0.25, -0.2) is 15.0 Å². The van der Waals surface area contributed by atoms with Crippen molar-refractivity contribution in [2.75, 3.05) is 31.1 Å². The van der Waals surface area contributed by atoms with Gasteiger partial charge in [-0.15, -0.1) is 0 Å². The molecule has 1 atom stereocenters. The molecule has 1 aliphatic heterocycles. The molecule has 3 heterocycles. The summed E-state index contributed by atoms with van der Waals surface area (Å²) in [7, 11) is 0. The molecule has 0 aliphatic carbocycles. The quantitative estimate of drug-likeness (QED) is 0.210. The number of aryl methyl sites for hydroxylation is 1. The maximum absolute atomic E-state index is 11.1. The Morgan fingerprint density at radius 2 is 1.92 bits per heavy atom. The number of piperazine rings is 1. The van der Waals surface area contributed by atoms with Gasteiger partial charge >= 0.3 is 0 Å². The Morgan fingerprint density at radius 3 is 2.54 bits per heavy atom. The maximum atomic E-state index is 11.1. The number of benzene rings is 1. The summed E-state index contributed by atoms with van der Waals surface area (Å²) in [6.07, 6.45) is 4.18. The van der Waals surface area contributed by atoms with E-state index in [1.165, 1.54) is 0 Å². The minimum absolute atomic E-state index is 0.00325. The highest BCUT2D eigenvalue weighted by Gasteiger charge is 2.22. The van der Waals surface area contributed by atoms with Crippen LogP contribution in [0, 0.1) is 6.92 Å². The molecule has 0 radical (unpaired) electrons. The van der Waals surface area contributed by atoms with E-state index in [-0.39, 0.29) is 23.5 Å². The van der Waals surface area contributed by atoms with E-state index < -0.39 is 0 Å². The van der Waals surface area contributed by atoms with E-state index in [1.54, 1.807) is 24.5 Å². The molecule has 2 aromatic heterocycles. The van der Waals surface area contributed by atoms with Crippen LogP contribution in [0.1, 0.15) is 36.5 Å². The van der Waals surface area contributed by atoms with Crippen LogP contribution in [0.3, 0.4) is 0 Å². The molecule has 0 spiro atoms. The Morgan fingerprint density at radius 1 is 1.19 bits per heavy atom. The van der Waals surface area contributed by atoms with Crippen LogP contribution < -0.4 is 15.4 Å². The van der Waals surface area contributed by atoms with Crippen LogP contribution in [0.15, 0.2) is 69.8 Å². The number of phenolic OH excluding ortho intramolecular Hbond substituents is 1. The van der Waals surface area contributed by atoms with Crippen LogP contribution in [0.2, 0.25) is 0 Å². The van der Waals surface area contributed by atoms with Crippen molar-refractivity contribution in [1.29, 1.82) is 0 Å². The standard InChI is InChI=1S/C26H32N8O2S/c1-4-20(22-10-9-17(2)36-22)31-25(32-37)24(27)30-21-8-5-7-19(23(21)35)18(3)33-13-15-34(16-14-33)26-28-11-6-12-29-26/h5-12,20,35,37H,3-4,13-16H2,1-2H3,(H2,27,30)(H,31,32)/t20-/m1/s1. The highest BCUT2D eigenvalue weighted by atomic mass is 32.1. The third kappa shape index (κ3) is 6.05. The summed E-state index contributed by atoms with van der Waals surface area (Å²) in [6.45, 7) is 11.1. The Balaban J connectivity index is 1.50. The zero-order valence-electron chi connectivity index (χ0n) is 21.0. The first-order valence-corrected chi connectivity index (χ1v) is 12.5. The van der Waals surface area contributed by atoms with Gasteiger partial charge in [-0.3, -0.25) is 4.99 Å². The number of amidine groups is 2. The number of aromatic hydroxyl groups is 1. The first kappa shape index (κ1) is 26.1. The maximum Gasteiger partial charge on any atom is 0.225 e. The number of aliphatic imine (C=N–C) groups is 2. The summed E-state index contributed by atoms with van der Waals surface area (Å²) in [5.41, 5.74) is 7.88. The predicted octanol–water partition coefficient (Wildman–Crippen LogP) is 3.85. The van der Waals surface area contributed by atoms with Gasteiger partial charge < -0.3 is 29.8 Å². The summed E-state index contributed by atoms with van der Waals surface area (Å²) >= 11 is 4.17. The number of hydrogen-bond acceptors (Lipinski definition) is 9. The van der Waals surface area contributed by atoms with Crippen molar-refractivity contribution in [3.63, 3.8) is 0 Å². The Labute approximate surface area is 222 Å². The Hall–Kier alpha value is -3.99. The predicted molar refractivity (Wildman–Crippen MR) is 150 cm³/mol. The summed E-state index contributed by atoms with van der Waals surface area (Å²) in [4.78, 5) is 22.0. The lowest BCUT2D eigenvalue weighted by molar-refractivity contribution is 0.363. The molecule has 1 fully saturated rings. The topological polar surface area (TPSA) is 128 Å². The van der Waals surface area contributed by atoms with Crippen LogP contribution in [0.4, 0.5) is 11.6 Å². The third-order valence-electron chi connectivity index (χ3n) is 6.17. The van der Waals surface area contributed by atoms with E-state index in [2.05, 4.69) is 53.9 Å². The summed E-state index contributed by atoms with van der Waals surface area (Å²) in [6, 6.07) is 10.7. The first-order chi connectivity index (χ1) is 17.9. The SMILES string of the molecule is C=C(c1cccc(N=C(N)C(=N[C@H](CC)c2ccc(C)o2)NS)c1O)N1CCN(c2ncccn2)CC1. The van der Waals surface area contributed by atoms with Crippen molar-refractivity contribution in [1.82, 2.24) is 19.6 Å². The van der Waals surface area contributed by atoms with E-state index in [0.29, 0.717) is 29.3 Å². The molecule has 1 aromatic carbocycles. The van der Waals surface area contributed by atoms with Crippen LogP contribution in [0.5, 0.6) is 5.75 Å². The monoisotopic (exact) mass is 520 g/mol. The van der Waals surface area contributed by atoms with Crippen molar-refractivity contribution in [2.45, 2.75) is 26.3 Å². The molecule has 1 aliphatic rings. The molecule has 0 unspecified atom stereocenters. The van der Waals surface area contributed by atoms with Gasteiger partial charge in [-0.1, -0.05) is 32.4 Å². The largest absolute Gasteiger partial charge is 0.505 e. The fourth-order valence-corrected chi connectivity index (χ4v) is 4.31. The molecule has 0 bridgehead atoms. The molecule has 0 amide bonds. The van der Waals surface area contributed by atoms with Crippen LogP contribution in [-0.2, 0) is 0 Å². The van der Waals surface area contributed by atoms with Crippen LogP contribution >= 0.6 is 12.8 Å². The number of furan rings is 1. The zero-order valence-corrected chi connectivity index (χ0v) is 21.9. The molecular formula is C26H32N8O2S. The Kier molecular flexibility index (Phi) is 8.34. The second kappa shape index (κ2) is 11.8. The average molecular weight is 521 g/mol. The smallest absolute Gasteiger partial charge is 0.225 e. The van der Waals surface area contributed by atoms with E-state index >= 15 is 0 Å². The average Bonchev–Trinajstić information content (AvgIpc) is 3.36. The minimum atomic E-state index is -0.253. The van der Waals surface area contributed by atoms with Gasteiger partial charge in [0.25, 0.3) is 0 Å². The second-order valence-corrected chi connectivity index (χ2v) is 8.83. The van der Waals surface area contributed by atoms with Gasteiger partial charge in [0.05, 0.1) is 0 Å². The summed E-state index contributed by atoms with van der Waals surface area (Å²) in [5, 5.41) is 11.1. The van der Waals surface area contributed by atoms with Gasteiger partial charge in [0.2, 0.25) is 5.95 Å². The number of anilines is 1. The number of nitrogens with zero attached hydrogens (tertiary/aromatic N) is 6. The molecule has 37 heavy (non-hydrogen) atoms. The number of nitrogens with one attached hydrogen (secondary N) is 1. The number of rotatable bonds is 7. The number of para-hydroxylation sites is 1. The van der Waals surface area contributed by atoms with E-state index in [0.717, 1.165) is 37.7 Å². The van der Waals surface area contributed by atoms with E-state index in [1.807, 2.05) is 38.1 Å². The molecule has 10 nitrogen and oxygen atoms in total. The van der Waals surface area contributed by atoms with Gasteiger partial charge in [0.15, 0.2) is 17.4 Å². The van der Waals surface area contributed by atoms with Gasteiger partial charge in [-0.2, -0.15) is 0 Å². The molecule has 3 aromatic rings. The number of nitrogens with two attached hydrogens (primary N) is 1. The summed E-state index contributed by atoms with van der Waals surface area (Å²) in [5.74, 6) is 2.62. The fraction of sp³-hybridized carbons (Fsp3) is 0.308. The lowest BCUT2D eigenvalue weighted by Gasteiger charge is -2.37. The highest BCUT2D eigenvalue weighted by Crippen LogP contribution is 2.35. The number of thiol groups is 1. The van der Waals surface area contributed by atoms with Gasteiger partial charge in [0.1, 0.15) is 23.2 Å². The minimum Gasteiger partial charge on any atom is -0.505 e. The Bertz CT molecular complexity index is 1280. The molecular weight excluding hydrogens is 488 g/mol.